The van der Waals surface area contributed by atoms with Crippen LogP contribution in [0.25, 0.3) is 0 Å². The molecule has 0 aromatic carbocycles. The van der Waals surface area contributed by atoms with E-state index in [4.69, 9.17) is 5.73 Å². The highest BCUT2D eigenvalue weighted by atomic mass is 32.2. The van der Waals surface area contributed by atoms with E-state index in [0.717, 1.165) is 0 Å². The van der Waals surface area contributed by atoms with Gasteiger partial charge in [0.1, 0.15) is 9.84 Å². The Morgan fingerprint density at radius 1 is 1.52 bits per heavy atom. The maximum atomic E-state index is 11.5. The molecule has 118 valence electrons. The SMILES string of the molecule is Cc1cn(CC2(O)CCC(S(C)(=O)=O)CC2)nc1C(N)=O. The van der Waals surface area contributed by atoms with Gasteiger partial charge in [-0.2, -0.15) is 5.10 Å². The van der Waals surface area contributed by atoms with Crippen LogP contribution >= 0.6 is 0 Å². The average Bonchev–Trinajstić information content (AvgIpc) is 2.68. The molecule has 1 fully saturated rings. The number of primary amides is 1. The van der Waals surface area contributed by atoms with Crippen molar-refractivity contribution in [1.82, 2.24) is 9.78 Å². The number of amides is 1. The van der Waals surface area contributed by atoms with Crippen LogP contribution in [-0.2, 0) is 16.4 Å². The van der Waals surface area contributed by atoms with Crippen LogP contribution in [0, 0.1) is 6.92 Å². The third kappa shape index (κ3) is 3.62. The van der Waals surface area contributed by atoms with E-state index in [1.54, 1.807) is 13.1 Å². The number of nitrogens with two attached hydrogens (primary N) is 1. The Balaban J connectivity index is 2.07. The summed E-state index contributed by atoms with van der Waals surface area (Å²) in [6.45, 7) is 1.96. The maximum Gasteiger partial charge on any atom is 0.269 e. The predicted octanol–water partition coefficient (Wildman–Crippen LogP) is 0.00872. The zero-order valence-corrected chi connectivity index (χ0v) is 13.1. The van der Waals surface area contributed by atoms with Gasteiger partial charge in [0.05, 0.1) is 17.4 Å². The van der Waals surface area contributed by atoms with Crippen LogP contribution in [0.3, 0.4) is 0 Å². The number of carbonyl (C=O) groups excluding carboxylic acids is 1. The number of rotatable bonds is 4. The van der Waals surface area contributed by atoms with Gasteiger partial charge < -0.3 is 10.8 Å². The Kier molecular flexibility index (Phi) is 4.12. The summed E-state index contributed by atoms with van der Waals surface area (Å²) in [6, 6.07) is 0. The lowest BCUT2D eigenvalue weighted by atomic mass is 9.84. The fraction of sp³-hybridized carbons (Fsp3) is 0.692. The molecule has 1 amide bonds. The van der Waals surface area contributed by atoms with Gasteiger partial charge in [0.25, 0.3) is 5.91 Å². The zero-order chi connectivity index (χ0) is 15.8. The van der Waals surface area contributed by atoms with Crippen LogP contribution < -0.4 is 5.73 Å². The largest absolute Gasteiger partial charge is 0.388 e. The molecular weight excluding hydrogens is 294 g/mol. The summed E-state index contributed by atoms with van der Waals surface area (Å²) >= 11 is 0. The summed E-state index contributed by atoms with van der Waals surface area (Å²) in [4.78, 5) is 11.2. The van der Waals surface area contributed by atoms with Crippen molar-refractivity contribution < 1.29 is 18.3 Å². The van der Waals surface area contributed by atoms with Gasteiger partial charge in [0, 0.05) is 18.0 Å². The highest BCUT2D eigenvalue weighted by molar-refractivity contribution is 7.91. The summed E-state index contributed by atoms with van der Waals surface area (Å²) in [7, 11) is -3.06. The molecule has 1 aromatic heterocycles. The van der Waals surface area contributed by atoms with Crippen LogP contribution in [0.4, 0.5) is 0 Å². The lowest BCUT2D eigenvalue weighted by molar-refractivity contribution is -0.0135. The molecule has 8 heteroatoms. The Labute approximate surface area is 124 Å². The van der Waals surface area contributed by atoms with E-state index >= 15 is 0 Å². The molecule has 0 saturated heterocycles. The van der Waals surface area contributed by atoms with Crippen LogP contribution in [-0.4, -0.2) is 46.3 Å². The number of aromatic nitrogens is 2. The van der Waals surface area contributed by atoms with E-state index in [0.29, 0.717) is 31.2 Å². The predicted molar refractivity (Wildman–Crippen MR) is 77.5 cm³/mol. The number of aliphatic hydroxyl groups is 1. The number of aryl methyl sites for hydroxylation is 1. The smallest absolute Gasteiger partial charge is 0.269 e. The van der Waals surface area contributed by atoms with Gasteiger partial charge in [-0.1, -0.05) is 0 Å². The van der Waals surface area contributed by atoms with Crippen molar-refractivity contribution in [3.63, 3.8) is 0 Å². The quantitative estimate of drug-likeness (QED) is 0.812. The van der Waals surface area contributed by atoms with E-state index in [9.17, 15) is 18.3 Å². The van der Waals surface area contributed by atoms with Gasteiger partial charge in [-0.3, -0.25) is 9.48 Å². The maximum absolute atomic E-state index is 11.5. The normalized spacial score (nSPS) is 26.7. The molecule has 7 nitrogen and oxygen atoms in total. The minimum absolute atomic E-state index is 0.198. The second-order valence-electron chi connectivity index (χ2n) is 5.98. The number of hydrogen-bond acceptors (Lipinski definition) is 5. The average molecular weight is 315 g/mol. The second kappa shape index (κ2) is 5.42. The second-order valence-corrected chi connectivity index (χ2v) is 8.30. The van der Waals surface area contributed by atoms with Crippen LogP contribution in [0.1, 0.15) is 41.7 Å². The summed E-state index contributed by atoms with van der Waals surface area (Å²) in [5, 5.41) is 14.3. The number of hydrogen-bond donors (Lipinski definition) is 2. The summed E-state index contributed by atoms with van der Waals surface area (Å²) in [5.74, 6) is -0.598. The van der Waals surface area contributed by atoms with Gasteiger partial charge >= 0.3 is 0 Å². The van der Waals surface area contributed by atoms with Crippen molar-refractivity contribution in [1.29, 1.82) is 0 Å². The first-order valence-corrected chi connectivity index (χ1v) is 8.81. The zero-order valence-electron chi connectivity index (χ0n) is 12.2. The first-order valence-electron chi connectivity index (χ1n) is 6.86. The number of carbonyl (C=O) groups is 1. The third-order valence-corrected chi connectivity index (χ3v) is 5.79. The molecule has 1 aliphatic carbocycles. The van der Waals surface area contributed by atoms with Crippen molar-refractivity contribution >= 4 is 15.7 Å². The number of sulfone groups is 1. The molecule has 0 aliphatic heterocycles. The lowest BCUT2D eigenvalue weighted by Crippen LogP contribution is -2.41. The van der Waals surface area contributed by atoms with Gasteiger partial charge in [-0.25, -0.2) is 8.42 Å². The van der Waals surface area contributed by atoms with E-state index in [1.165, 1.54) is 10.9 Å². The van der Waals surface area contributed by atoms with Crippen LogP contribution in [0.5, 0.6) is 0 Å². The van der Waals surface area contributed by atoms with Crippen molar-refractivity contribution in [3.05, 3.63) is 17.5 Å². The van der Waals surface area contributed by atoms with Gasteiger partial charge in [0.2, 0.25) is 0 Å². The molecule has 0 bridgehead atoms. The van der Waals surface area contributed by atoms with Gasteiger partial charge in [-0.15, -0.1) is 0 Å². The molecule has 0 atom stereocenters. The Morgan fingerprint density at radius 3 is 2.52 bits per heavy atom. The highest BCUT2D eigenvalue weighted by Gasteiger charge is 2.37. The van der Waals surface area contributed by atoms with E-state index in [-0.39, 0.29) is 17.5 Å². The molecule has 0 spiro atoms. The molecule has 0 radical (unpaired) electrons. The molecule has 1 aromatic rings. The topological polar surface area (TPSA) is 115 Å². The lowest BCUT2D eigenvalue weighted by Gasteiger charge is -2.35. The highest BCUT2D eigenvalue weighted by Crippen LogP contribution is 2.32. The van der Waals surface area contributed by atoms with Crippen molar-refractivity contribution in [2.75, 3.05) is 6.26 Å². The van der Waals surface area contributed by atoms with Gasteiger partial charge in [0.15, 0.2) is 5.69 Å². The van der Waals surface area contributed by atoms with Crippen molar-refractivity contribution in [2.24, 2.45) is 5.73 Å². The molecule has 3 N–H and O–H groups in total. The first kappa shape index (κ1) is 16.0. The Hall–Kier alpha value is -1.41. The molecule has 1 saturated carbocycles. The monoisotopic (exact) mass is 315 g/mol. The first-order chi connectivity index (χ1) is 9.61. The fourth-order valence-electron chi connectivity index (χ4n) is 2.86. The van der Waals surface area contributed by atoms with Crippen molar-refractivity contribution in [3.8, 4) is 0 Å². The number of nitrogens with zero attached hydrogens (tertiary/aromatic N) is 2. The minimum Gasteiger partial charge on any atom is -0.388 e. The molecule has 1 heterocycles. The summed E-state index contributed by atoms with van der Waals surface area (Å²) in [6.07, 6.45) is 4.58. The van der Waals surface area contributed by atoms with Crippen LogP contribution in [0.15, 0.2) is 6.20 Å². The molecule has 0 unspecified atom stereocenters. The molecule has 21 heavy (non-hydrogen) atoms. The third-order valence-electron chi connectivity index (χ3n) is 4.10. The van der Waals surface area contributed by atoms with E-state index in [2.05, 4.69) is 5.10 Å². The Bertz CT molecular complexity index is 642. The fourth-order valence-corrected chi connectivity index (χ4v) is 3.95. The van der Waals surface area contributed by atoms with E-state index in [1.807, 2.05) is 0 Å². The van der Waals surface area contributed by atoms with Crippen LogP contribution in [0.2, 0.25) is 0 Å². The van der Waals surface area contributed by atoms with Gasteiger partial charge in [-0.05, 0) is 32.6 Å². The summed E-state index contributed by atoms with van der Waals surface area (Å²) in [5.41, 5.74) is 5.09. The molecule has 2 rings (SSSR count). The molecule has 1 aliphatic rings. The summed E-state index contributed by atoms with van der Waals surface area (Å²) < 4.78 is 24.6. The Morgan fingerprint density at radius 2 is 2.10 bits per heavy atom. The molecular formula is C13H21N3O4S. The standard InChI is InChI=1S/C13H21N3O4S/c1-9-7-16(15-11(9)12(14)17)8-13(18)5-3-10(4-6-13)21(2,19)20/h7,10,18H,3-6,8H2,1-2H3,(H2,14,17). The minimum atomic E-state index is -3.06. The van der Waals surface area contributed by atoms with Crippen molar-refractivity contribution in [2.45, 2.75) is 50.0 Å². The van der Waals surface area contributed by atoms with E-state index < -0.39 is 21.3 Å².